The van der Waals surface area contributed by atoms with Crippen molar-refractivity contribution in [2.75, 3.05) is 0 Å². The lowest BCUT2D eigenvalue weighted by Gasteiger charge is -2.11. The zero-order valence-corrected chi connectivity index (χ0v) is 11.2. The Morgan fingerprint density at radius 1 is 1.26 bits per heavy atom. The van der Waals surface area contributed by atoms with E-state index in [1.807, 2.05) is 0 Å². The molecule has 0 aliphatic carbocycles. The summed E-state index contributed by atoms with van der Waals surface area (Å²) in [6.07, 6.45) is -0.569. The Morgan fingerprint density at radius 2 is 2.00 bits per heavy atom. The third kappa shape index (κ3) is 3.46. The maximum atomic E-state index is 13.6. The van der Waals surface area contributed by atoms with Crippen LogP contribution in [0.2, 0.25) is 5.02 Å². The molecule has 0 aromatic heterocycles. The number of aliphatic hydroxyl groups excluding tert-OH is 1. The van der Waals surface area contributed by atoms with Gasteiger partial charge in [0.15, 0.2) is 0 Å². The predicted molar refractivity (Wildman–Crippen MR) is 72.8 cm³/mol. The van der Waals surface area contributed by atoms with Gasteiger partial charge < -0.3 is 9.84 Å². The minimum absolute atomic E-state index is 0.0504. The van der Waals surface area contributed by atoms with Crippen LogP contribution in [0.1, 0.15) is 24.2 Å². The summed E-state index contributed by atoms with van der Waals surface area (Å²) in [6, 6.07) is 11.6. The van der Waals surface area contributed by atoms with E-state index in [9.17, 15) is 9.50 Å². The fraction of sp³-hybridized carbons (Fsp3) is 0.200. The molecule has 0 saturated heterocycles. The van der Waals surface area contributed by atoms with Crippen LogP contribution in [0.25, 0.3) is 0 Å². The highest BCUT2D eigenvalue weighted by Crippen LogP contribution is 2.23. The topological polar surface area (TPSA) is 29.5 Å². The number of rotatable bonds is 4. The second-order valence-electron chi connectivity index (χ2n) is 4.24. The molecule has 100 valence electrons. The van der Waals surface area contributed by atoms with Crippen LogP contribution in [0, 0.1) is 5.82 Å². The van der Waals surface area contributed by atoms with E-state index < -0.39 is 6.10 Å². The number of ether oxygens (including phenoxy) is 1. The van der Waals surface area contributed by atoms with Crippen molar-refractivity contribution in [3.63, 3.8) is 0 Å². The summed E-state index contributed by atoms with van der Waals surface area (Å²) < 4.78 is 19.1. The van der Waals surface area contributed by atoms with Crippen molar-refractivity contribution in [1.29, 1.82) is 0 Å². The van der Waals surface area contributed by atoms with Crippen molar-refractivity contribution in [3.8, 4) is 5.75 Å². The summed E-state index contributed by atoms with van der Waals surface area (Å²) in [5.41, 5.74) is 1.07. The second kappa shape index (κ2) is 6.04. The Morgan fingerprint density at radius 3 is 2.68 bits per heavy atom. The summed E-state index contributed by atoms with van der Waals surface area (Å²) in [7, 11) is 0. The molecule has 0 spiro atoms. The van der Waals surface area contributed by atoms with Crippen LogP contribution in [0.15, 0.2) is 42.5 Å². The molecule has 1 atom stereocenters. The first kappa shape index (κ1) is 13.8. The third-order valence-corrected chi connectivity index (χ3v) is 3.14. The van der Waals surface area contributed by atoms with E-state index in [4.69, 9.17) is 16.3 Å². The molecule has 4 heteroatoms. The Hall–Kier alpha value is -1.58. The van der Waals surface area contributed by atoms with E-state index >= 15 is 0 Å². The van der Waals surface area contributed by atoms with Gasteiger partial charge in [-0.25, -0.2) is 4.39 Å². The molecule has 2 rings (SSSR count). The molecule has 2 aromatic rings. The quantitative estimate of drug-likeness (QED) is 0.913. The predicted octanol–water partition coefficient (Wildman–Crippen LogP) is 4.11. The molecule has 2 aromatic carbocycles. The Labute approximate surface area is 116 Å². The first-order chi connectivity index (χ1) is 9.08. The molecular formula is C15H14ClFO2. The fourth-order valence-corrected chi connectivity index (χ4v) is 1.91. The van der Waals surface area contributed by atoms with Gasteiger partial charge in [-0.3, -0.25) is 0 Å². The second-order valence-corrected chi connectivity index (χ2v) is 4.64. The number of hydrogen-bond acceptors (Lipinski definition) is 2. The number of halogens is 2. The third-order valence-electron chi connectivity index (χ3n) is 2.79. The first-order valence-electron chi connectivity index (χ1n) is 5.91. The molecule has 0 saturated carbocycles. The van der Waals surface area contributed by atoms with E-state index in [0.717, 1.165) is 5.56 Å². The molecule has 19 heavy (non-hydrogen) atoms. The van der Waals surface area contributed by atoms with Crippen LogP contribution < -0.4 is 4.74 Å². The van der Waals surface area contributed by atoms with E-state index in [0.29, 0.717) is 16.3 Å². The van der Waals surface area contributed by atoms with Gasteiger partial charge in [0, 0.05) is 5.56 Å². The zero-order chi connectivity index (χ0) is 13.8. The molecule has 0 fully saturated rings. The van der Waals surface area contributed by atoms with Gasteiger partial charge in [-0.1, -0.05) is 29.8 Å². The molecule has 0 aliphatic rings. The average molecular weight is 281 g/mol. The van der Waals surface area contributed by atoms with Crippen LogP contribution in [0.4, 0.5) is 4.39 Å². The van der Waals surface area contributed by atoms with E-state index in [2.05, 4.69) is 0 Å². The minimum atomic E-state index is -0.569. The highest BCUT2D eigenvalue weighted by atomic mass is 35.5. The maximum absolute atomic E-state index is 13.6. The van der Waals surface area contributed by atoms with Gasteiger partial charge in [-0.2, -0.15) is 0 Å². The maximum Gasteiger partial charge on any atom is 0.131 e. The van der Waals surface area contributed by atoms with Gasteiger partial charge in [-0.15, -0.1) is 0 Å². The van der Waals surface area contributed by atoms with Crippen molar-refractivity contribution in [2.45, 2.75) is 19.6 Å². The van der Waals surface area contributed by atoms with E-state index in [1.54, 1.807) is 43.3 Å². The van der Waals surface area contributed by atoms with Crippen LogP contribution in [0.5, 0.6) is 5.75 Å². The normalized spacial score (nSPS) is 12.2. The summed E-state index contributed by atoms with van der Waals surface area (Å²) >= 11 is 5.92. The standard InChI is InChI=1S/C15H14ClFO2/c1-10(18)11-4-2-5-12(8-11)19-9-13-14(16)6-3-7-15(13)17/h2-8,10,18H,9H2,1H3. The van der Waals surface area contributed by atoms with Crippen LogP contribution in [0.3, 0.4) is 0 Å². The van der Waals surface area contributed by atoms with Crippen molar-refractivity contribution in [1.82, 2.24) is 0 Å². The molecule has 0 bridgehead atoms. The van der Waals surface area contributed by atoms with Gasteiger partial charge in [-0.05, 0) is 36.8 Å². The lowest BCUT2D eigenvalue weighted by Crippen LogP contribution is -2.00. The van der Waals surface area contributed by atoms with E-state index in [1.165, 1.54) is 6.07 Å². The summed E-state index contributed by atoms with van der Waals surface area (Å²) in [6.45, 7) is 1.72. The Balaban J connectivity index is 2.12. The minimum Gasteiger partial charge on any atom is -0.489 e. The molecular weight excluding hydrogens is 267 g/mol. The van der Waals surface area contributed by atoms with E-state index in [-0.39, 0.29) is 12.4 Å². The van der Waals surface area contributed by atoms with Crippen LogP contribution in [-0.2, 0) is 6.61 Å². The van der Waals surface area contributed by atoms with Crippen LogP contribution >= 0.6 is 11.6 Å². The Kier molecular flexibility index (Phi) is 4.40. The van der Waals surface area contributed by atoms with Crippen molar-refractivity contribution in [3.05, 3.63) is 64.4 Å². The number of benzene rings is 2. The molecule has 0 radical (unpaired) electrons. The monoisotopic (exact) mass is 280 g/mol. The van der Waals surface area contributed by atoms with Crippen molar-refractivity contribution < 1.29 is 14.2 Å². The summed E-state index contributed by atoms with van der Waals surface area (Å²) in [5.74, 6) is 0.178. The summed E-state index contributed by atoms with van der Waals surface area (Å²) in [4.78, 5) is 0. The first-order valence-corrected chi connectivity index (χ1v) is 6.29. The molecule has 0 amide bonds. The molecule has 1 unspecified atom stereocenters. The fourth-order valence-electron chi connectivity index (χ4n) is 1.69. The Bertz CT molecular complexity index is 550. The number of aliphatic hydroxyl groups is 1. The van der Waals surface area contributed by atoms with Crippen molar-refractivity contribution in [2.24, 2.45) is 0 Å². The highest BCUT2D eigenvalue weighted by molar-refractivity contribution is 6.31. The van der Waals surface area contributed by atoms with Crippen molar-refractivity contribution >= 4 is 11.6 Å². The molecule has 2 nitrogen and oxygen atoms in total. The molecule has 1 N–H and O–H groups in total. The SMILES string of the molecule is CC(O)c1cccc(OCc2c(F)cccc2Cl)c1. The molecule has 0 aliphatic heterocycles. The smallest absolute Gasteiger partial charge is 0.131 e. The average Bonchev–Trinajstić information content (AvgIpc) is 2.38. The van der Waals surface area contributed by atoms with Gasteiger partial charge in [0.05, 0.1) is 11.1 Å². The van der Waals surface area contributed by atoms with Gasteiger partial charge in [0.2, 0.25) is 0 Å². The van der Waals surface area contributed by atoms with Gasteiger partial charge in [0.25, 0.3) is 0 Å². The number of hydrogen-bond donors (Lipinski definition) is 1. The van der Waals surface area contributed by atoms with Crippen LogP contribution in [-0.4, -0.2) is 5.11 Å². The highest BCUT2D eigenvalue weighted by Gasteiger charge is 2.08. The largest absolute Gasteiger partial charge is 0.489 e. The zero-order valence-electron chi connectivity index (χ0n) is 10.4. The lowest BCUT2D eigenvalue weighted by molar-refractivity contribution is 0.198. The lowest BCUT2D eigenvalue weighted by atomic mass is 10.1. The van der Waals surface area contributed by atoms with Gasteiger partial charge in [0.1, 0.15) is 18.2 Å². The summed E-state index contributed by atoms with van der Waals surface area (Å²) in [5, 5.41) is 9.82. The molecule has 0 heterocycles. The van der Waals surface area contributed by atoms with Gasteiger partial charge >= 0.3 is 0 Å².